The molecule has 0 fully saturated rings. The third-order valence-corrected chi connectivity index (χ3v) is 4.50. The second-order valence-corrected chi connectivity index (χ2v) is 5.59. The maximum atomic E-state index is 12.9. The molecule has 2 aromatic rings. The quantitative estimate of drug-likeness (QED) is 0.830. The standard InChI is InChI=1S/C18H16O2/c19-18(16-11-12-5-1-2-6-13(12)16)15-9-10-20-17-8-4-3-7-14(15)17/h1-8,15-16H,9-11H2. The molecule has 2 unspecified atom stereocenters. The summed E-state index contributed by atoms with van der Waals surface area (Å²) in [6.07, 6.45) is 1.70. The number of ether oxygens (including phenoxy) is 1. The first-order valence-electron chi connectivity index (χ1n) is 7.18. The van der Waals surface area contributed by atoms with Crippen LogP contribution in [0.3, 0.4) is 0 Å². The minimum atomic E-state index is -0.00157. The number of Topliss-reactive ketones (excluding diaryl/α,β-unsaturated/α-hetero) is 1. The van der Waals surface area contributed by atoms with Crippen LogP contribution in [0, 0.1) is 0 Å². The molecule has 0 spiro atoms. The van der Waals surface area contributed by atoms with Crippen molar-refractivity contribution in [2.45, 2.75) is 24.7 Å². The van der Waals surface area contributed by atoms with Gasteiger partial charge in [0.25, 0.3) is 0 Å². The van der Waals surface area contributed by atoms with E-state index in [1.54, 1.807) is 0 Å². The first-order valence-corrected chi connectivity index (χ1v) is 7.18. The van der Waals surface area contributed by atoms with E-state index in [2.05, 4.69) is 12.1 Å². The second kappa shape index (κ2) is 4.48. The summed E-state index contributed by atoms with van der Waals surface area (Å²) in [7, 11) is 0. The Balaban J connectivity index is 1.66. The van der Waals surface area contributed by atoms with Crippen molar-refractivity contribution in [3.63, 3.8) is 0 Å². The van der Waals surface area contributed by atoms with Crippen molar-refractivity contribution in [1.29, 1.82) is 0 Å². The summed E-state index contributed by atoms with van der Waals surface area (Å²) in [5.41, 5.74) is 3.61. The number of para-hydroxylation sites is 1. The summed E-state index contributed by atoms with van der Waals surface area (Å²) in [6.45, 7) is 0.641. The Labute approximate surface area is 118 Å². The van der Waals surface area contributed by atoms with Crippen LogP contribution in [-0.2, 0) is 11.2 Å². The van der Waals surface area contributed by atoms with Crippen molar-refractivity contribution in [2.24, 2.45) is 0 Å². The Bertz CT molecular complexity index is 675. The molecule has 0 amide bonds. The zero-order chi connectivity index (χ0) is 13.5. The third kappa shape index (κ3) is 1.68. The highest BCUT2D eigenvalue weighted by atomic mass is 16.5. The average Bonchev–Trinajstić information content (AvgIpc) is 2.48. The zero-order valence-electron chi connectivity index (χ0n) is 11.2. The number of benzene rings is 2. The second-order valence-electron chi connectivity index (χ2n) is 5.59. The van der Waals surface area contributed by atoms with Crippen molar-refractivity contribution >= 4 is 5.78 Å². The first kappa shape index (κ1) is 11.7. The lowest BCUT2D eigenvalue weighted by Gasteiger charge is -2.33. The highest BCUT2D eigenvalue weighted by Crippen LogP contribution is 2.42. The van der Waals surface area contributed by atoms with Gasteiger partial charge in [0.05, 0.1) is 12.5 Å². The van der Waals surface area contributed by atoms with Gasteiger partial charge in [0.15, 0.2) is 0 Å². The van der Waals surface area contributed by atoms with Gasteiger partial charge < -0.3 is 4.74 Å². The molecule has 1 heterocycles. The molecule has 0 saturated heterocycles. The number of hydrogen-bond acceptors (Lipinski definition) is 2. The Morgan fingerprint density at radius 1 is 0.950 bits per heavy atom. The molecule has 2 atom stereocenters. The zero-order valence-corrected chi connectivity index (χ0v) is 11.2. The molecule has 20 heavy (non-hydrogen) atoms. The summed E-state index contributed by atoms with van der Waals surface area (Å²) >= 11 is 0. The minimum Gasteiger partial charge on any atom is -0.493 e. The monoisotopic (exact) mass is 264 g/mol. The van der Waals surface area contributed by atoms with Crippen molar-refractivity contribution in [2.75, 3.05) is 6.61 Å². The van der Waals surface area contributed by atoms with E-state index in [9.17, 15) is 4.79 Å². The smallest absolute Gasteiger partial charge is 0.148 e. The van der Waals surface area contributed by atoms with Crippen LogP contribution in [0.15, 0.2) is 48.5 Å². The molecule has 2 aliphatic rings. The minimum absolute atomic E-state index is 0.00157. The molecule has 2 heteroatoms. The predicted octanol–water partition coefficient (Wildman–Crippen LogP) is 3.46. The molecule has 100 valence electrons. The van der Waals surface area contributed by atoms with Gasteiger partial charge in [-0.15, -0.1) is 0 Å². The lowest BCUT2D eigenvalue weighted by atomic mass is 9.70. The number of hydrogen-bond donors (Lipinski definition) is 0. The fraction of sp³-hybridized carbons (Fsp3) is 0.278. The van der Waals surface area contributed by atoms with Crippen LogP contribution in [0.2, 0.25) is 0 Å². The van der Waals surface area contributed by atoms with Crippen LogP contribution in [0.5, 0.6) is 5.75 Å². The highest BCUT2D eigenvalue weighted by Gasteiger charge is 2.38. The number of fused-ring (bicyclic) bond motifs is 2. The van der Waals surface area contributed by atoms with E-state index in [1.807, 2.05) is 36.4 Å². The van der Waals surface area contributed by atoms with Crippen LogP contribution in [0.25, 0.3) is 0 Å². The Hall–Kier alpha value is -2.09. The summed E-state index contributed by atoms with van der Waals surface area (Å²) in [5.74, 6) is 1.32. The molecule has 0 bridgehead atoms. The molecule has 4 rings (SSSR count). The summed E-state index contributed by atoms with van der Waals surface area (Å²) < 4.78 is 5.65. The van der Waals surface area contributed by atoms with Crippen LogP contribution in [-0.4, -0.2) is 12.4 Å². The Kier molecular flexibility index (Phi) is 2.62. The van der Waals surface area contributed by atoms with Gasteiger partial charge in [0, 0.05) is 11.5 Å². The predicted molar refractivity (Wildman–Crippen MR) is 77.2 cm³/mol. The Morgan fingerprint density at radius 3 is 2.55 bits per heavy atom. The van der Waals surface area contributed by atoms with Crippen LogP contribution >= 0.6 is 0 Å². The highest BCUT2D eigenvalue weighted by molar-refractivity contribution is 5.94. The fourth-order valence-electron chi connectivity index (χ4n) is 3.39. The number of carbonyl (C=O) groups is 1. The normalized spacial score (nSPS) is 23.0. The van der Waals surface area contributed by atoms with E-state index >= 15 is 0 Å². The molecule has 0 saturated carbocycles. The molecule has 2 aromatic carbocycles. The maximum Gasteiger partial charge on any atom is 0.148 e. The summed E-state index contributed by atoms with van der Waals surface area (Å²) in [6, 6.07) is 16.2. The van der Waals surface area contributed by atoms with Crippen molar-refractivity contribution in [3.8, 4) is 5.75 Å². The largest absolute Gasteiger partial charge is 0.493 e. The molecule has 0 N–H and O–H groups in total. The molecule has 0 aromatic heterocycles. The van der Waals surface area contributed by atoms with Crippen LogP contribution < -0.4 is 4.74 Å². The number of ketones is 1. The van der Waals surface area contributed by atoms with E-state index in [-0.39, 0.29) is 11.8 Å². The van der Waals surface area contributed by atoms with Crippen LogP contribution in [0.1, 0.15) is 34.9 Å². The molecule has 0 radical (unpaired) electrons. The number of rotatable bonds is 2. The van der Waals surface area contributed by atoms with Gasteiger partial charge in [-0.05, 0) is 30.0 Å². The van der Waals surface area contributed by atoms with Crippen molar-refractivity contribution < 1.29 is 9.53 Å². The van der Waals surface area contributed by atoms with Crippen molar-refractivity contribution in [3.05, 3.63) is 65.2 Å². The number of carbonyl (C=O) groups excluding carboxylic acids is 1. The van der Waals surface area contributed by atoms with Gasteiger partial charge in [0.2, 0.25) is 0 Å². The van der Waals surface area contributed by atoms with Gasteiger partial charge in [-0.25, -0.2) is 0 Å². The first-order chi connectivity index (χ1) is 9.84. The van der Waals surface area contributed by atoms with E-state index in [0.29, 0.717) is 12.4 Å². The van der Waals surface area contributed by atoms with Crippen molar-refractivity contribution in [1.82, 2.24) is 0 Å². The van der Waals surface area contributed by atoms with Crippen LogP contribution in [0.4, 0.5) is 0 Å². The molecule has 1 aliphatic carbocycles. The summed E-state index contributed by atoms with van der Waals surface area (Å²) in [5, 5.41) is 0. The SMILES string of the molecule is O=C(C1Cc2ccccc21)C1CCOc2ccccc21. The van der Waals surface area contributed by atoms with Gasteiger partial charge in [-0.1, -0.05) is 42.5 Å². The van der Waals surface area contributed by atoms with Gasteiger partial charge in [-0.3, -0.25) is 4.79 Å². The molecular formula is C18H16O2. The molecular weight excluding hydrogens is 248 g/mol. The topological polar surface area (TPSA) is 26.3 Å². The van der Waals surface area contributed by atoms with E-state index in [0.717, 1.165) is 24.2 Å². The van der Waals surface area contributed by atoms with Gasteiger partial charge in [0.1, 0.15) is 11.5 Å². The lowest BCUT2D eigenvalue weighted by molar-refractivity contribution is -0.123. The molecule has 2 nitrogen and oxygen atoms in total. The van der Waals surface area contributed by atoms with E-state index in [4.69, 9.17) is 4.74 Å². The van der Waals surface area contributed by atoms with E-state index in [1.165, 1.54) is 11.1 Å². The third-order valence-electron chi connectivity index (χ3n) is 4.50. The Morgan fingerprint density at radius 2 is 1.70 bits per heavy atom. The summed E-state index contributed by atoms with van der Waals surface area (Å²) in [4.78, 5) is 12.9. The maximum absolute atomic E-state index is 12.9. The van der Waals surface area contributed by atoms with E-state index < -0.39 is 0 Å². The van der Waals surface area contributed by atoms with Gasteiger partial charge >= 0.3 is 0 Å². The molecule has 1 aliphatic heterocycles. The van der Waals surface area contributed by atoms with Gasteiger partial charge in [-0.2, -0.15) is 0 Å². The lowest BCUT2D eigenvalue weighted by Crippen LogP contribution is -2.31. The fourth-order valence-corrected chi connectivity index (χ4v) is 3.39. The average molecular weight is 264 g/mol.